The number of aromatic nitrogens is 2. The molecule has 0 saturated carbocycles. The molecule has 2 aromatic carbocycles. The number of H-pyrrole nitrogens is 1. The molecule has 0 radical (unpaired) electrons. The fourth-order valence-corrected chi connectivity index (χ4v) is 3.19. The highest BCUT2D eigenvalue weighted by Crippen LogP contribution is 2.17. The van der Waals surface area contributed by atoms with Gasteiger partial charge >= 0.3 is 0 Å². The second kappa shape index (κ2) is 7.47. The Balaban J connectivity index is 1.81. The minimum atomic E-state index is -0.128. The molecule has 0 spiro atoms. The number of halogens is 2. The van der Waals surface area contributed by atoms with E-state index in [4.69, 9.17) is 11.6 Å². The van der Waals surface area contributed by atoms with Gasteiger partial charge < -0.3 is 10.3 Å². The van der Waals surface area contributed by atoms with Crippen molar-refractivity contribution in [2.24, 2.45) is 0 Å². The first-order chi connectivity index (χ1) is 11.6. The molecule has 0 saturated heterocycles. The van der Waals surface area contributed by atoms with Gasteiger partial charge in [0.15, 0.2) is 5.82 Å². The topological polar surface area (TPSA) is 62.4 Å². The van der Waals surface area contributed by atoms with Crippen molar-refractivity contribution in [1.29, 1.82) is 0 Å². The van der Waals surface area contributed by atoms with Crippen LogP contribution in [0.1, 0.15) is 30.8 Å². The molecular weight excluding hydrogens is 390 g/mol. The lowest BCUT2D eigenvalue weighted by atomic mass is 10.0. The first-order valence-corrected chi connectivity index (χ1v) is 9.01. The molecule has 6 heteroatoms. The second-order valence-electron chi connectivity index (χ2n) is 5.68. The van der Waals surface area contributed by atoms with Crippen LogP contribution in [0.5, 0.6) is 0 Å². The maximum absolute atomic E-state index is 12.2. The third-order valence-corrected chi connectivity index (χ3v) is 4.82. The van der Waals surface area contributed by atoms with Gasteiger partial charge in [-0.3, -0.25) is 4.79 Å². The van der Waals surface area contributed by atoms with Crippen LogP contribution in [-0.2, 0) is 6.54 Å². The Hall–Kier alpha value is -1.69. The van der Waals surface area contributed by atoms with Crippen molar-refractivity contribution in [1.82, 2.24) is 9.97 Å². The fraction of sp³-hybridized carbons (Fsp3) is 0.222. The van der Waals surface area contributed by atoms with Crippen molar-refractivity contribution in [3.05, 3.63) is 73.7 Å². The fourth-order valence-electron chi connectivity index (χ4n) is 2.76. The van der Waals surface area contributed by atoms with Gasteiger partial charge in [-0.15, -0.1) is 0 Å². The molecule has 1 atom stereocenters. The standard InChI is InChI=1S/C18H17BrClN3O/c1-2-15(11-3-5-12(19)6-4-11)21-10-17-22-16-9-13(20)7-8-14(16)18(24)23-17/h3-9,15,21H,2,10H2,1H3,(H,22,23,24)/p+1/t15-/m1/s1. The second-order valence-corrected chi connectivity index (χ2v) is 7.03. The maximum Gasteiger partial charge on any atom is 0.258 e. The van der Waals surface area contributed by atoms with Crippen molar-refractivity contribution in [3.63, 3.8) is 0 Å². The van der Waals surface area contributed by atoms with E-state index in [9.17, 15) is 4.79 Å². The molecule has 0 unspecified atom stereocenters. The van der Waals surface area contributed by atoms with Gasteiger partial charge in [0.1, 0.15) is 12.6 Å². The molecule has 3 rings (SSSR count). The summed E-state index contributed by atoms with van der Waals surface area (Å²) in [5.74, 6) is 0.658. The minimum absolute atomic E-state index is 0.128. The van der Waals surface area contributed by atoms with Crippen LogP contribution < -0.4 is 10.9 Å². The van der Waals surface area contributed by atoms with Crippen molar-refractivity contribution in [2.45, 2.75) is 25.9 Å². The summed E-state index contributed by atoms with van der Waals surface area (Å²) < 4.78 is 1.07. The molecule has 3 aromatic rings. The molecule has 0 bridgehead atoms. The first kappa shape index (κ1) is 17.1. The van der Waals surface area contributed by atoms with E-state index in [0.717, 1.165) is 10.9 Å². The van der Waals surface area contributed by atoms with Crippen molar-refractivity contribution in [3.8, 4) is 0 Å². The summed E-state index contributed by atoms with van der Waals surface area (Å²) in [5.41, 5.74) is 1.76. The number of hydrogen-bond donors (Lipinski definition) is 2. The Morgan fingerprint density at radius 1 is 1.25 bits per heavy atom. The average Bonchev–Trinajstić information content (AvgIpc) is 2.56. The molecule has 0 fully saturated rings. The van der Waals surface area contributed by atoms with Gasteiger partial charge in [-0.1, -0.05) is 46.6 Å². The van der Waals surface area contributed by atoms with Crippen LogP contribution in [-0.4, -0.2) is 9.97 Å². The molecule has 1 aromatic heterocycles. The molecule has 0 aliphatic rings. The number of benzene rings is 2. The Bertz CT molecular complexity index is 908. The molecule has 3 N–H and O–H groups in total. The third kappa shape index (κ3) is 3.86. The quantitative estimate of drug-likeness (QED) is 0.679. The highest BCUT2D eigenvalue weighted by molar-refractivity contribution is 9.10. The summed E-state index contributed by atoms with van der Waals surface area (Å²) in [7, 11) is 0. The van der Waals surface area contributed by atoms with Crippen LogP contribution in [0.25, 0.3) is 10.9 Å². The van der Waals surface area contributed by atoms with Crippen molar-refractivity contribution in [2.75, 3.05) is 0 Å². The molecular formula is C18H18BrClN3O+. The average molecular weight is 408 g/mol. The number of hydrogen-bond acceptors (Lipinski definition) is 2. The molecule has 124 valence electrons. The summed E-state index contributed by atoms with van der Waals surface area (Å²) in [6.45, 7) is 2.76. The van der Waals surface area contributed by atoms with Crippen molar-refractivity contribution < 1.29 is 5.32 Å². The van der Waals surface area contributed by atoms with Crippen LogP contribution >= 0.6 is 27.5 Å². The van der Waals surface area contributed by atoms with Gasteiger partial charge in [0, 0.05) is 21.5 Å². The van der Waals surface area contributed by atoms with E-state index >= 15 is 0 Å². The van der Waals surface area contributed by atoms with E-state index < -0.39 is 0 Å². The highest BCUT2D eigenvalue weighted by Gasteiger charge is 2.14. The molecule has 0 amide bonds. The van der Waals surface area contributed by atoms with Gasteiger partial charge in [0.2, 0.25) is 0 Å². The largest absolute Gasteiger partial charge is 0.334 e. The number of quaternary nitrogens is 1. The van der Waals surface area contributed by atoms with Gasteiger partial charge in [-0.25, -0.2) is 4.98 Å². The zero-order valence-corrected chi connectivity index (χ0v) is 15.6. The van der Waals surface area contributed by atoms with E-state index in [1.807, 2.05) is 12.1 Å². The molecule has 0 aliphatic carbocycles. The molecule has 1 heterocycles. The zero-order valence-electron chi connectivity index (χ0n) is 13.2. The lowest BCUT2D eigenvalue weighted by molar-refractivity contribution is -0.712. The Morgan fingerprint density at radius 2 is 2.00 bits per heavy atom. The van der Waals surface area contributed by atoms with Crippen LogP contribution in [0, 0.1) is 0 Å². The van der Waals surface area contributed by atoms with Gasteiger partial charge in [0.05, 0.1) is 10.9 Å². The summed E-state index contributed by atoms with van der Waals surface area (Å²) in [6, 6.07) is 13.8. The molecule has 0 aliphatic heterocycles. The lowest BCUT2D eigenvalue weighted by Crippen LogP contribution is -2.83. The number of nitrogens with zero attached hydrogens (tertiary/aromatic N) is 1. The number of rotatable bonds is 5. The Kier molecular flexibility index (Phi) is 5.33. The van der Waals surface area contributed by atoms with E-state index in [1.165, 1.54) is 5.56 Å². The van der Waals surface area contributed by atoms with E-state index in [2.05, 4.69) is 50.3 Å². The van der Waals surface area contributed by atoms with E-state index in [1.54, 1.807) is 18.2 Å². The number of aromatic amines is 1. The number of nitrogens with two attached hydrogens (primary N) is 1. The van der Waals surface area contributed by atoms with Crippen LogP contribution in [0.3, 0.4) is 0 Å². The summed E-state index contributed by atoms with van der Waals surface area (Å²) in [6.07, 6.45) is 0.991. The van der Waals surface area contributed by atoms with Crippen LogP contribution in [0.4, 0.5) is 0 Å². The Morgan fingerprint density at radius 3 is 2.71 bits per heavy atom. The van der Waals surface area contributed by atoms with E-state index in [-0.39, 0.29) is 5.56 Å². The summed E-state index contributed by atoms with van der Waals surface area (Å²) in [5, 5.41) is 3.33. The number of fused-ring (bicyclic) bond motifs is 1. The van der Waals surface area contributed by atoms with Gasteiger partial charge in [-0.05, 0) is 30.3 Å². The monoisotopic (exact) mass is 406 g/mol. The lowest BCUT2D eigenvalue weighted by Gasteiger charge is -2.14. The van der Waals surface area contributed by atoms with E-state index in [0.29, 0.717) is 34.3 Å². The van der Waals surface area contributed by atoms with Gasteiger partial charge in [0.25, 0.3) is 5.56 Å². The highest BCUT2D eigenvalue weighted by atomic mass is 79.9. The number of nitrogens with one attached hydrogen (secondary N) is 1. The minimum Gasteiger partial charge on any atom is -0.334 e. The van der Waals surface area contributed by atoms with Crippen molar-refractivity contribution >= 4 is 38.4 Å². The predicted molar refractivity (Wildman–Crippen MR) is 100 cm³/mol. The van der Waals surface area contributed by atoms with Crippen LogP contribution in [0.15, 0.2) is 51.7 Å². The zero-order chi connectivity index (χ0) is 17.1. The third-order valence-electron chi connectivity index (χ3n) is 4.05. The van der Waals surface area contributed by atoms with Crippen LogP contribution in [0.2, 0.25) is 5.02 Å². The molecule has 24 heavy (non-hydrogen) atoms. The maximum atomic E-state index is 12.2. The van der Waals surface area contributed by atoms with Gasteiger partial charge in [-0.2, -0.15) is 0 Å². The SMILES string of the molecule is CC[C@@H]([NH2+]Cc1nc2cc(Cl)ccc2c(=O)[nH]1)c1ccc(Br)cc1. The normalized spacial score (nSPS) is 12.5. The summed E-state index contributed by atoms with van der Waals surface area (Å²) >= 11 is 9.46. The molecule has 4 nitrogen and oxygen atoms in total. The summed E-state index contributed by atoms with van der Waals surface area (Å²) in [4.78, 5) is 19.6. The smallest absolute Gasteiger partial charge is 0.258 e. The Labute approximate surface area is 153 Å². The first-order valence-electron chi connectivity index (χ1n) is 7.84. The predicted octanol–water partition coefficient (Wildman–Crippen LogP) is 3.55.